The molecular formula is C22H25F3N2OS. The minimum absolute atomic E-state index is 0.0111. The lowest BCUT2D eigenvalue weighted by Gasteiger charge is -2.28. The number of halogens is 3. The van der Waals surface area contributed by atoms with Crippen LogP contribution in [-0.4, -0.2) is 41.1 Å². The average Bonchev–Trinajstić information content (AvgIpc) is 3.19. The van der Waals surface area contributed by atoms with Gasteiger partial charge >= 0.3 is 0 Å². The lowest BCUT2D eigenvalue weighted by molar-refractivity contribution is -0.132. The molecule has 0 radical (unpaired) electrons. The zero-order chi connectivity index (χ0) is 20.8. The third-order valence-corrected chi connectivity index (χ3v) is 6.20. The Morgan fingerprint density at radius 1 is 1.14 bits per heavy atom. The molecular weight excluding hydrogens is 397 g/mol. The van der Waals surface area contributed by atoms with Crippen molar-refractivity contribution in [1.29, 1.82) is 0 Å². The van der Waals surface area contributed by atoms with Gasteiger partial charge in [-0.05, 0) is 48.4 Å². The standard InChI is InChI=1S/C22H25F3N2OS/c1-2-3-10-26(14-16-4-9-19(24)20(25)13-16)15-21(28)27-11-12-29-22(27)17-5-7-18(23)8-6-17/h4-9,13,22H,2-3,10-12,14-15H2,1H3. The van der Waals surface area contributed by atoms with Gasteiger partial charge in [0.25, 0.3) is 0 Å². The Morgan fingerprint density at radius 3 is 2.59 bits per heavy atom. The van der Waals surface area contributed by atoms with Gasteiger partial charge in [-0.15, -0.1) is 11.8 Å². The van der Waals surface area contributed by atoms with E-state index in [1.54, 1.807) is 30.0 Å². The summed E-state index contributed by atoms with van der Waals surface area (Å²) in [6.07, 6.45) is 1.88. The Morgan fingerprint density at radius 2 is 1.90 bits per heavy atom. The second-order valence-electron chi connectivity index (χ2n) is 7.17. The van der Waals surface area contributed by atoms with Gasteiger partial charge in [-0.3, -0.25) is 9.69 Å². The predicted octanol–water partition coefficient (Wildman–Crippen LogP) is 4.98. The first kappa shape index (κ1) is 21.7. The lowest BCUT2D eigenvalue weighted by Crippen LogP contribution is -2.40. The van der Waals surface area contributed by atoms with Gasteiger partial charge in [-0.25, -0.2) is 13.2 Å². The van der Waals surface area contributed by atoms with Crippen LogP contribution in [0, 0.1) is 17.5 Å². The van der Waals surface area contributed by atoms with E-state index in [4.69, 9.17) is 0 Å². The number of rotatable bonds is 8. The molecule has 2 aromatic rings. The highest BCUT2D eigenvalue weighted by Crippen LogP contribution is 2.38. The molecule has 1 saturated heterocycles. The molecule has 1 aliphatic rings. The highest BCUT2D eigenvalue weighted by atomic mass is 32.2. The molecule has 0 N–H and O–H groups in total. The lowest BCUT2D eigenvalue weighted by atomic mass is 10.1. The number of carbonyl (C=O) groups excluding carboxylic acids is 1. The third kappa shape index (κ3) is 5.76. The average molecular weight is 423 g/mol. The second kappa shape index (κ2) is 10.2. The van der Waals surface area contributed by atoms with Crippen molar-refractivity contribution in [1.82, 2.24) is 9.80 Å². The summed E-state index contributed by atoms with van der Waals surface area (Å²) in [6.45, 7) is 3.99. The fourth-order valence-corrected chi connectivity index (χ4v) is 4.68. The summed E-state index contributed by atoms with van der Waals surface area (Å²) in [6, 6.07) is 10.1. The number of nitrogens with zero attached hydrogens (tertiary/aromatic N) is 2. The molecule has 0 aliphatic carbocycles. The van der Waals surface area contributed by atoms with Crippen molar-refractivity contribution in [3.8, 4) is 0 Å². The minimum atomic E-state index is -0.878. The first-order valence-corrected chi connectivity index (χ1v) is 10.9. The van der Waals surface area contributed by atoms with E-state index in [0.29, 0.717) is 25.2 Å². The molecule has 1 aliphatic heterocycles. The van der Waals surface area contributed by atoms with E-state index >= 15 is 0 Å². The van der Waals surface area contributed by atoms with Crippen LogP contribution in [-0.2, 0) is 11.3 Å². The molecule has 2 aromatic carbocycles. The molecule has 0 bridgehead atoms. The Hall–Kier alpha value is -1.99. The highest BCUT2D eigenvalue weighted by Gasteiger charge is 2.31. The number of unbranched alkanes of at least 4 members (excludes halogenated alkanes) is 1. The zero-order valence-corrected chi connectivity index (χ0v) is 17.2. The van der Waals surface area contributed by atoms with Gasteiger partial charge in [-0.2, -0.15) is 0 Å². The van der Waals surface area contributed by atoms with Gasteiger partial charge in [0.1, 0.15) is 11.2 Å². The van der Waals surface area contributed by atoms with E-state index in [-0.39, 0.29) is 23.6 Å². The normalized spacial score (nSPS) is 16.6. The van der Waals surface area contributed by atoms with E-state index < -0.39 is 11.6 Å². The Labute approximate surface area is 173 Å². The first-order chi connectivity index (χ1) is 14.0. The molecule has 3 rings (SSSR count). The van der Waals surface area contributed by atoms with Crippen LogP contribution in [0.5, 0.6) is 0 Å². The van der Waals surface area contributed by atoms with Gasteiger partial charge < -0.3 is 4.90 Å². The zero-order valence-electron chi connectivity index (χ0n) is 16.4. The van der Waals surface area contributed by atoms with Gasteiger partial charge in [0.2, 0.25) is 5.91 Å². The van der Waals surface area contributed by atoms with E-state index in [0.717, 1.165) is 30.2 Å². The molecule has 1 atom stereocenters. The maximum atomic E-state index is 13.6. The number of carbonyl (C=O) groups is 1. The molecule has 3 nitrogen and oxygen atoms in total. The van der Waals surface area contributed by atoms with Crippen LogP contribution in [0.1, 0.15) is 36.3 Å². The fraction of sp³-hybridized carbons (Fsp3) is 0.409. The van der Waals surface area contributed by atoms with E-state index in [2.05, 4.69) is 6.92 Å². The summed E-state index contributed by atoms with van der Waals surface area (Å²) in [5.41, 5.74) is 1.54. The van der Waals surface area contributed by atoms with Crippen LogP contribution in [0.2, 0.25) is 0 Å². The largest absolute Gasteiger partial charge is 0.325 e. The molecule has 0 aromatic heterocycles. The fourth-order valence-electron chi connectivity index (χ4n) is 3.40. The van der Waals surface area contributed by atoms with Crippen molar-refractivity contribution in [2.24, 2.45) is 0 Å². The molecule has 0 saturated carbocycles. The molecule has 1 heterocycles. The van der Waals surface area contributed by atoms with Crippen molar-refractivity contribution in [3.05, 3.63) is 71.0 Å². The first-order valence-electron chi connectivity index (χ1n) is 9.80. The van der Waals surface area contributed by atoms with Gasteiger partial charge in [-0.1, -0.05) is 31.5 Å². The molecule has 29 heavy (non-hydrogen) atoms. The monoisotopic (exact) mass is 422 g/mol. The predicted molar refractivity (Wildman–Crippen MR) is 110 cm³/mol. The van der Waals surface area contributed by atoms with Gasteiger partial charge in [0.05, 0.1) is 6.54 Å². The van der Waals surface area contributed by atoms with Crippen LogP contribution in [0.3, 0.4) is 0 Å². The minimum Gasteiger partial charge on any atom is -0.325 e. The number of hydrogen-bond acceptors (Lipinski definition) is 3. The molecule has 1 fully saturated rings. The molecule has 156 valence electrons. The van der Waals surface area contributed by atoms with Crippen LogP contribution in [0.15, 0.2) is 42.5 Å². The van der Waals surface area contributed by atoms with E-state index in [1.165, 1.54) is 18.2 Å². The Balaban J connectivity index is 1.69. The number of benzene rings is 2. The SMILES string of the molecule is CCCCN(CC(=O)N1CCSC1c1ccc(F)cc1)Cc1ccc(F)c(F)c1. The summed E-state index contributed by atoms with van der Waals surface area (Å²) in [7, 11) is 0. The molecule has 1 unspecified atom stereocenters. The van der Waals surface area contributed by atoms with Gasteiger partial charge in [0.15, 0.2) is 11.6 Å². The molecule has 0 spiro atoms. The van der Waals surface area contributed by atoms with Crippen molar-refractivity contribution in [2.75, 3.05) is 25.4 Å². The van der Waals surface area contributed by atoms with Crippen molar-refractivity contribution < 1.29 is 18.0 Å². The topological polar surface area (TPSA) is 23.6 Å². The maximum Gasteiger partial charge on any atom is 0.237 e. The highest BCUT2D eigenvalue weighted by molar-refractivity contribution is 7.99. The quantitative estimate of drug-likeness (QED) is 0.599. The number of hydrogen-bond donors (Lipinski definition) is 0. The van der Waals surface area contributed by atoms with Crippen molar-refractivity contribution >= 4 is 17.7 Å². The van der Waals surface area contributed by atoms with Crippen LogP contribution < -0.4 is 0 Å². The molecule has 7 heteroatoms. The summed E-state index contributed by atoms with van der Waals surface area (Å²) in [4.78, 5) is 16.8. The third-order valence-electron chi connectivity index (χ3n) is 4.94. The van der Waals surface area contributed by atoms with E-state index in [1.807, 2.05) is 9.80 Å². The summed E-state index contributed by atoms with van der Waals surface area (Å²) < 4.78 is 40.0. The Kier molecular flexibility index (Phi) is 7.61. The van der Waals surface area contributed by atoms with Crippen LogP contribution in [0.4, 0.5) is 13.2 Å². The van der Waals surface area contributed by atoms with Crippen molar-refractivity contribution in [3.63, 3.8) is 0 Å². The van der Waals surface area contributed by atoms with Crippen LogP contribution in [0.25, 0.3) is 0 Å². The van der Waals surface area contributed by atoms with E-state index in [9.17, 15) is 18.0 Å². The maximum absolute atomic E-state index is 13.6. The van der Waals surface area contributed by atoms with Gasteiger partial charge in [0, 0.05) is 18.8 Å². The van der Waals surface area contributed by atoms with Crippen LogP contribution >= 0.6 is 11.8 Å². The number of thioether (sulfide) groups is 1. The van der Waals surface area contributed by atoms with Crippen molar-refractivity contribution in [2.45, 2.75) is 31.7 Å². The summed E-state index contributed by atoms with van der Waals surface area (Å²) >= 11 is 1.66. The smallest absolute Gasteiger partial charge is 0.237 e. The molecule has 1 amide bonds. The summed E-state index contributed by atoms with van der Waals surface area (Å²) in [5.74, 6) is -1.24. The summed E-state index contributed by atoms with van der Waals surface area (Å²) in [5, 5.41) is -0.126. The Bertz CT molecular complexity index is 831. The number of amides is 1. The second-order valence-corrected chi connectivity index (χ2v) is 8.36.